The van der Waals surface area contributed by atoms with Crippen LogP contribution in [0.15, 0.2) is 28.9 Å². The maximum absolute atomic E-state index is 11.6. The van der Waals surface area contributed by atoms with Crippen LogP contribution in [0.5, 0.6) is 0 Å². The van der Waals surface area contributed by atoms with Gasteiger partial charge in [-0.15, -0.1) is 0 Å². The van der Waals surface area contributed by atoms with E-state index in [2.05, 4.69) is 25.3 Å². The molecule has 1 aliphatic heterocycles. The standard InChI is InChI=1S/C14H17N5O2/c1-10(20)17-14(13-16-11(2)21-18-13)6-8-19(9-14)12-5-3-4-7-15-12/h3-5,7H,6,8-9H2,1-2H3,(H,17,20)/t14-/m0/s1. The minimum absolute atomic E-state index is 0.111. The monoisotopic (exact) mass is 287 g/mol. The Morgan fingerprint density at radius 3 is 2.95 bits per heavy atom. The molecule has 2 aromatic heterocycles. The molecule has 1 N–H and O–H groups in total. The number of nitrogens with one attached hydrogen (secondary N) is 1. The first-order chi connectivity index (χ1) is 10.1. The van der Waals surface area contributed by atoms with E-state index in [1.165, 1.54) is 6.92 Å². The smallest absolute Gasteiger partial charge is 0.223 e. The van der Waals surface area contributed by atoms with Crippen LogP contribution in [-0.2, 0) is 10.3 Å². The lowest BCUT2D eigenvalue weighted by atomic mass is 9.97. The number of carbonyl (C=O) groups excluding carboxylic acids is 1. The average molecular weight is 287 g/mol. The summed E-state index contributed by atoms with van der Waals surface area (Å²) in [5.74, 6) is 1.78. The van der Waals surface area contributed by atoms with Gasteiger partial charge in [0.1, 0.15) is 11.4 Å². The molecule has 0 aromatic carbocycles. The normalized spacial score (nSPS) is 21.5. The Bertz CT molecular complexity index is 642. The third-order valence-electron chi connectivity index (χ3n) is 3.61. The van der Waals surface area contributed by atoms with E-state index in [1.807, 2.05) is 18.2 Å². The van der Waals surface area contributed by atoms with Crippen molar-refractivity contribution in [3.63, 3.8) is 0 Å². The Morgan fingerprint density at radius 2 is 2.33 bits per heavy atom. The van der Waals surface area contributed by atoms with Crippen LogP contribution in [0.25, 0.3) is 0 Å². The van der Waals surface area contributed by atoms with E-state index in [9.17, 15) is 4.79 Å². The lowest BCUT2D eigenvalue weighted by molar-refractivity contribution is -0.120. The second kappa shape index (κ2) is 5.16. The molecule has 21 heavy (non-hydrogen) atoms. The number of carbonyl (C=O) groups is 1. The highest BCUT2D eigenvalue weighted by molar-refractivity contribution is 5.74. The van der Waals surface area contributed by atoms with E-state index >= 15 is 0 Å². The molecule has 0 aliphatic carbocycles. The van der Waals surface area contributed by atoms with Crippen molar-refractivity contribution in [3.05, 3.63) is 36.1 Å². The van der Waals surface area contributed by atoms with Gasteiger partial charge in [0.25, 0.3) is 0 Å². The minimum atomic E-state index is -0.624. The lowest BCUT2D eigenvalue weighted by Crippen LogP contribution is -2.48. The molecule has 2 aromatic rings. The van der Waals surface area contributed by atoms with E-state index in [4.69, 9.17) is 4.52 Å². The summed E-state index contributed by atoms with van der Waals surface area (Å²) < 4.78 is 5.08. The van der Waals surface area contributed by atoms with Crippen molar-refractivity contribution in [2.45, 2.75) is 25.8 Å². The van der Waals surface area contributed by atoms with Gasteiger partial charge in [0.2, 0.25) is 11.8 Å². The molecule has 110 valence electrons. The molecular formula is C14H17N5O2. The summed E-state index contributed by atoms with van der Waals surface area (Å²) in [5.41, 5.74) is -0.624. The summed E-state index contributed by atoms with van der Waals surface area (Å²) in [7, 11) is 0. The SMILES string of the molecule is CC(=O)N[C@@]1(c2noc(C)n2)CCN(c2ccccn2)C1. The highest BCUT2D eigenvalue weighted by Crippen LogP contribution is 2.32. The van der Waals surface area contributed by atoms with E-state index in [0.717, 1.165) is 12.4 Å². The molecule has 1 atom stereocenters. The third kappa shape index (κ3) is 2.58. The molecule has 7 nitrogen and oxygen atoms in total. The molecule has 0 radical (unpaired) electrons. The Morgan fingerprint density at radius 1 is 1.48 bits per heavy atom. The van der Waals surface area contributed by atoms with Crippen molar-refractivity contribution in [2.75, 3.05) is 18.0 Å². The van der Waals surface area contributed by atoms with Crippen molar-refractivity contribution >= 4 is 11.7 Å². The van der Waals surface area contributed by atoms with Gasteiger partial charge in [-0.3, -0.25) is 4.79 Å². The van der Waals surface area contributed by atoms with Crippen molar-refractivity contribution in [1.82, 2.24) is 20.4 Å². The van der Waals surface area contributed by atoms with E-state index in [0.29, 0.717) is 24.7 Å². The number of anilines is 1. The summed E-state index contributed by atoms with van der Waals surface area (Å²) in [6, 6.07) is 5.77. The molecule has 7 heteroatoms. The fourth-order valence-corrected chi connectivity index (χ4v) is 2.72. The van der Waals surface area contributed by atoms with Crippen LogP contribution in [0, 0.1) is 6.92 Å². The fraction of sp³-hybridized carbons (Fsp3) is 0.429. The molecule has 1 amide bonds. The highest BCUT2D eigenvalue weighted by Gasteiger charge is 2.44. The van der Waals surface area contributed by atoms with Crippen molar-refractivity contribution in [3.8, 4) is 0 Å². The first-order valence-electron chi connectivity index (χ1n) is 6.85. The summed E-state index contributed by atoms with van der Waals surface area (Å²) in [5, 5.41) is 6.99. The molecule has 0 spiro atoms. The summed E-state index contributed by atoms with van der Waals surface area (Å²) >= 11 is 0. The molecule has 1 aliphatic rings. The van der Waals surface area contributed by atoms with Crippen molar-refractivity contribution in [1.29, 1.82) is 0 Å². The summed E-state index contributed by atoms with van der Waals surface area (Å²) in [4.78, 5) is 22.4. The van der Waals surface area contributed by atoms with Gasteiger partial charge in [-0.2, -0.15) is 4.98 Å². The lowest BCUT2D eigenvalue weighted by Gasteiger charge is -2.27. The summed E-state index contributed by atoms with van der Waals surface area (Å²) in [6.07, 6.45) is 2.47. The zero-order valence-electron chi connectivity index (χ0n) is 12.0. The molecule has 1 fully saturated rings. The molecule has 3 rings (SSSR count). The largest absolute Gasteiger partial charge is 0.354 e. The molecular weight excluding hydrogens is 270 g/mol. The average Bonchev–Trinajstić information content (AvgIpc) is 3.07. The number of aromatic nitrogens is 3. The van der Waals surface area contributed by atoms with Gasteiger partial charge in [-0.25, -0.2) is 4.98 Å². The maximum atomic E-state index is 11.6. The molecule has 0 saturated carbocycles. The van der Waals surface area contributed by atoms with Crippen LogP contribution < -0.4 is 10.2 Å². The van der Waals surface area contributed by atoms with Gasteiger partial charge in [-0.1, -0.05) is 11.2 Å². The van der Waals surface area contributed by atoms with E-state index < -0.39 is 5.54 Å². The molecule has 1 saturated heterocycles. The number of amides is 1. The van der Waals surface area contributed by atoms with Crippen molar-refractivity contribution in [2.24, 2.45) is 0 Å². The summed E-state index contributed by atoms with van der Waals surface area (Å²) in [6.45, 7) is 4.58. The number of hydrogen-bond acceptors (Lipinski definition) is 6. The fourth-order valence-electron chi connectivity index (χ4n) is 2.72. The Labute approximate surface area is 122 Å². The number of pyridine rings is 1. The maximum Gasteiger partial charge on any atom is 0.223 e. The van der Waals surface area contributed by atoms with Crippen LogP contribution in [-0.4, -0.2) is 34.1 Å². The van der Waals surface area contributed by atoms with Gasteiger partial charge in [0.05, 0.1) is 0 Å². The number of nitrogens with zero attached hydrogens (tertiary/aromatic N) is 4. The Balaban J connectivity index is 1.90. The van der Waals surface area contributed by atoms with E-state index in [1.54, 1.807) is 13.1 Å². The topological polar surface area (TPSA) is 84.2 Å². The quantitative estimate of drug-likeness (QED) is 0.907. The second-order valence-electron chi connectivity index (χ2n) is 5.26. The van der Waals surface area contributed by atoms with Crippen LogP contribution >= 0.6 is 0 Å². The van der Waals surface area contributed by atoms with Gasteiger partial charge in [-0.05, 0) is 18.6 Å². The molecule has 3 heterocycles. The van der Waals surface area contributed by atoms with Crippen LogP contribution in [0.4, 0.5) is 5.82 Å². The second-order valence-corrected chi connectivity index (χ2v) is 5.26. The predicted octanol–water partition coefficient (Wildman–Crippen LogP) is 1.01. The van der Waals surface area contributed by atoms with Crippen molar-refractivity contribution < 1.29 is 9.32 Å². The molecule has 0 bridgehead atoms. The van der Waals surface area contributed by atoms with Crippen LogP contribution in [0.1, 0.15) is 25.1 Å². The number of hydrogen-bond donors (Lipinski definition) is 1. The predicted molar refractivity (Wildman–Crippen MR) is 75.6 cm³/mol. The van der Waals surface area contributed by atoms with Crippen LogP contribution in [0.2, 0.25) is 0 Å². The van der Waals surface area contributed by atoms with Gasteiger partial charge >= 0.3 is 0 Å². The minimum Gasteiger partial charge on any atom is -0.354 e. The number of aryl methyl sites for hydroxylation is 1. The first kappa shape index (κ1) is 13.5. The Kier molecular flexibility index (Phi) is 3.32. The van der Waals surface area contributed by atoms with Crippen LogP contribution in [0.3, 0.4) is 0 Å². The first-order valence-corrected chi connectivity index (χ1v) is 6.85. The number of rotatable bonds is 3. The molecule has 0 unspecified atom stereocenters. The van der Waals surface area contributed by atoms with Gasteiger partial charge in [0.15, 0.2) is 5.82 Å². The van der Waals surface area contributed by atoms with Gasteiger partial charge in [0, 0.05) is 33.1 Å². The van der Waals surface area contributed by atoms with E-state index in [-0.39, 0.29) is 5.91 Å². The highest BCUT2D eigenvalue weighted by atomic mass is 16.5. The third-order valence-corrected chi connectivity index (χ3v) is 3.61. The zero-order chi connectivity index (χ0) is 14.9. The zero-order valence-corrected chi connectivity index (χ0v) is 12.0. The van der Waals surface area contributed by atoms with Gasteiger partial charge < -0.3 is 14.7 Å². The Hall–Kier alpha value is -2.44.